The van der Waals surface area contributed by atoms with Crippen molar-refractivity contribution >= 4 is 16.7 Å². The smallest absolute Gasteiger partial charge is 0.194 e. The van der Waals surface area contributed by atoms with Crippen molar-refractivity contribution in [3.63, 3.8) is 0 Å². The number of hydrogen-bond acceptors (Lipinski definition) is 2. The molecule has 2 aromatic carbocycles. The summed E-state index contributed by atoms with van der Waals surface area (Å²) in [7, 11) is 1.92. The van der Waals surface area contributed by atoms with Gasteiger partial charge in [-0.05, 0) is 6.07 Å². The zero-order valence-electron chi connectivity index (χ0n) is 9.84. The molecule has 0 spiro atoms. The van der Waals surface area contributed by atoms with Crippen molar-refractivity contribution in [2.45, 2.75) is 0 Å². The van der Waals surface area contributed by atoms with Gasteiger partial charge in [0.15, 0.2) is 5.78 Å². The van der Waals surface area contributed by atoms with E-state index >= 15 is 0 Å². The van der Waals surface area contributed by atoms with E-state index in [9.17, 15) is 4.79 Å². The quantitative estimate of drug-likeness (QED) is 0.469. The normalized spacial score (nSPS) is 12.8. The fraction of sp³-hybridized carbons (Fsp3) is 0.0667. The number of aryl methyl sites for hydroxylation is 1. The average molecular weight is 234 g/mol. The van der Waals surface area contributed by atoms with Gasteiger partial charge in [-0.3, -0.25) is 9.48 Å². The number of carbonyl (C=O) groups is 1. The number of nitrogens with zero attached hydrogens (tertiary/aromatic N) is 2. The van der Waals surface area contributed by atoms with Crippen molar-refractivity contribution in [2.24, 2.45) is 7.05 Å². The first-order valence-electron chi connectivity index (χ1n) is 5.87. The molecule has 0 saturated carbocycles. The van der Waals surface area contributed by atoms with E-state index in [-0.39, 0.29) is 5.78 Å². The highest BCUT2D eigenvalue weighted by Crippen LogP contribution is 2.38. The maximum absolute atomic E-state index is 12.5. The van der Waals surface area contributed by atoms with Crippen LogP contribution in [0.25, 0.3) is 22.2 Å². The number of aromatic nitrogens is 2. The molecule has 0 unspecified atom stereocenters. The fourth-order valence-corrected chi connectivity index (χ4v) is 2.78. The first-order valence-corrected chi connectivity index (χ1v) is 5.87. The molecule has 18 heavy (non-hydrogen) atoms. The van der Waals surface area contributed by atoms with Gasteiger partial charge in [-0.15, -0.1) is 0 Å². The maximum Gasteiger partial charge on any atom is 0.194 e. The molecule has 0 amide bonds. The largest absolute Gasteiger partial charge is 0.289 e. The molecule has 0 aliphatic heterocycles. The number of ketones is 1. The van der Waals surface area contributed by atoms with Gasteiger partial charge in [0.1, 0.15) is 0 Å². The lowest BCUT2D eigenvalue weighted by molar-refractivity contribution is 0.104. The van der Waals surface area contributed by atoms with Crippen LogP contribution in [0.2, 0.25) is 0 Å². The van der Waals surface area contributed by atoms with Crippen LogP contribution in [0.3, 0.4) is 0 Å². The summed E-state index contributed by atoms with van der Waals surface area (Å²) in [5, 5.41) is 5.46. The molecule has 4 rings (SSSR count). The molecular weight excluding hydrogens is 224 g/mol. The third-order valence-corrected chi connectivity index (χ3v) is 3.53. The summed E-state index contributed by atoms with van der Waals surface area (Å²) in [6.45, 7) is 0. The molecule has 0 N–H and O–H groups in total. The van der Waals surface area contributed by atoms with Crippen molar-refractivity contribution in [1.82, 2.24) is 9.78 Å². The molecule has 0 fully saturated rings. The van der Waals surface area contributed by atoms with E-state index in [1.807, 2.05) is 54.2 Å². The van der Waals surface area contributed by atoms with Crippen LogP contribution in [0, 0.1) is 0 Å². The number of fused-ring (bicyclic) bond motifs is 2. The molecule has 3 nitrogen and oxygen atoms in total. The van der Waals surface area contributed by atoms with Gasteiger partial charge < -0.3 is 0 Å². The molecule has 0 radical (unpaired) electrons. The van der Waals surface area contributed by atoms with Crippen molar-refractivity contribution < 1.29 is 4.79 Å². The Morgan fingerprint density at radius 3 is 2.50 bits per heavy atom. The Hall–Kier alpha value is -2.42. The van der Waals surface area contributed by atoms with Crippen molar-refractivity contribution in [3.8, 4) is 11.3 Å². The Labute approximate surface area is 104 Å². The minimum Gasteiger partial charge on any atom is -0.289 e. The molecule has 3 aromatic rings. The van der Waals surface area contributed by atoms with Crippen LogP contribution >= 0.6 is 0 Å². The van der Waals surface area contributed by atoms with Crippen molar-refractivity contribution in [2.75, 3.05) is 0 Å². The van der Waals surface area contributed by atoms with Crippen LogP contribution in [0.1, 0.15) is 15.9 Å². The number of benzene rings is 2. The van der Waals surface area contributed by atoms with E-state index in [0.717, 1.165) is 33.3 Å². The Bertz CT molecular complexity index is 814. The molecule has 1 aliphatic carbocycles. The lowest BCUT2D eigenvalue weighted by Gasteiger charge is -2.15. The molecule has 1 heterocycles. The van der Waals surface area contributed by atoms with Crippen LogP contribution in [-0.2, 0) is 7.05 Å². The Balaban J connectivity index is 2.30. The van der Waals surface area contributed by atoms with Gasteiger partial charge in [-0.1, -0.05) is 36.4 Å². The Kier molecular flexibility index (Phi) is 1.64. The third-order valence-electron chi connectivity index (χ3n) is 3.53. The lowest BCUT2D eigenvalue weighted by atomic mass is 9.87. The molecule has 0 atom stereocenters. The predicted molar refractivity (Wildman–Crippen MR) is 69.6 cm³/mol. The second-order valence-corrected chi connectivity index (χ2v) is 4.55. The van der Waals surface area contributed by atoms with Gasteiger partial charge in [0.25, 0.3) is 0 Å². The first-order chi connectivity index (χ1) is 8.77. The van der Waals surface area contributed by atoms with E-state index in [4.69, 9.17) is 0 Å². The molecule has 86 valence electrons. The summed E-state index contributed by atoms with van der Waals surface area (Å²) in [6, 6.07) is 13.4. The van der Waals surface area contributed by atoms with Crippen LogP contribution < -0.4 is 0 Å². The van der Waals surface area contributed by atoms with Gasteiger partial charge in [-0.25, -0.2) is 0 Å². The predicted octanol–water partition coefficient (Wildman–Crippen LogP) is 2.78. The van der Waals surface area contributed by atoms with Crippen LogP contribution in [0.5, 0.6) is 0 Å². The summed E-state index contributed by atoms with van der Waals surface area (Å²) in [4.78, 5) is 12.5. The third kappa shape index (κ3) is 0.991. The van der Waals surface area contributed by atoms with E-state index in [1.54, 1.807) is 0 Å². The highest BCUT2D eigenvalue weighted by Gasteiger charge is 2.27. The van der Waals surface area contributed by atoms with Crippen LogP contribution in [0.4, 0.5) is 0 Å². The topological polar surface area (TPSA) is 34.9 Å². The van der Waals surface area contributed by atoms with Crippen LogP contribution in [0.15, 0.2) is 42.5 Å². The van der Waals surface area contributed by atoms with Crippen molar-refractivity contribution in [3.05, 3.63) is 53.6 Å². The van der Waals surface area contributed by atoms with E-state index in [1.165, 1.54) is 0 Å². The van der Waals surface area contributed by atoms with Crippen LogP contribution in [-0.4, -0.2) is 15.6 Å². The van der Waals surface area contributed by atoms with E-state index < -0.39 is 0 Å². The Morgan fingerprint density at radius 1 is 0.944 bits per heavy atom. The van der Waals surface area contributed by atoms with E-state index in [0.29, 0.717) is 0 Å². The second kappa shape index (κ2) is 3.07. The van der Waals surface area contributed by atoms with Crippen molar-refractivity contribution in [1.29, 1.82) is 0 Å². The number of rotatable bonds is 0. The highest BCUT2D eigenvalue weighted by molar-refractivity contribution is 6.25. The summed E-state index contributed by atoms with van der Waals surface area (Å²) in [5.74, 6) is 0.0942. The molecule has 3 heteroatoms. The molecule has 1 aromatic heterocycles. The molecule has 0 saturated heterocycles. The summed E-state index contributed by atoms with van der Waals surface area (Å²) < 4.78 is 1.86. The average Bonchev–Trinajstić information content (AvgIpc) is 2.73. The first kappa shape index (κ1) is 9.59. The summed E-state index contributed by atoms with van der Waals surface area (Å²) in [5.41, 5.74) is 4.42. The summed E-state index contributed by atoms with van der Waals surface area (Å²) >= 11 is 0. The standard InChI is InChI=1S/C15H10N2O/c1-17-14-9-5-2-3-6-10(9)15(18)11-7-4-8-12(16-17)13(11)14/h2-8H,1H3. The molecule has 1 aliphatic rings. The second-order valence-electron chi connectivity index (χ2n) is 4.55. The maximum atomic E-state index is 12.5. The molecular formula is C15H10N2O. The SMILES string of the molecule is Cn1nc2cccc3c2c1-c1ccccc1C3=O. The van der Waals surface area contributed by atoms with Gasteiger partial charge in [0.2, 0.25) is 0 Å². The van der Waals surface area contributed by atoms with Gasteiger partial charge in [0.05, 0.1) is 11.2 Å². The Morgan fingerprint density at radius 2 is 1.67 bits per heavy atom. The van der Waals surface area contributed by atoms with Gasteiger partial charge in [-0.2, -0.15) is 5.10 Å². The van der Waals surface area contributed by atoms with Gasteiger partial charge in [0, 0.05) is 29.1 Å². The highest BCUT2D eigenvalue weighted by atomic mass is 16.1. The fourth-order valence-electron chi connectivity index (χ4n) is 2.78. The zero-order chi connectivity index (χ0) is 12.3. The lowest BCUT2D eigenvalue weighted by Crippen LogP contribution is -2.10. The van der Waals surface area contributed by atoms with E-state index in [2.05, 4.69) is 5.10 Å². The zero-order valence-corrected chi connectivity index (χ0v) is 9.84. The minimum atomic E-state index is 0.0942. The molecule has 0 bridgehead atoms. The monoisotopic (exact) mass is 234 g/mol. The number of hydrogen-bond donors (Lipinski definition) is 0. The summed E-state index contributed by atoms with van der Waals surface area (Å²) in [6.07, 6.45) is 0. The van der Waals surface area contributed by atoms with Gasteiger partial charge >= 0.3 is 0 Å². The minimum absolute atomic E-state index is 0.0942. The number of carbonyl (C=O) groups excluding carboxylic acids is 1.